The minimum Gasteiger partial charge on any atom is -0.493 e. The Hall–Kier alpha value is -3.04. The van der Waals surface area contributed by atoms with Crippen LogP contribution in [0.25, 0.3) is 0 Å². The number of nitrogens with one attached hydrogen (secondary N) is 1. The second kappa shape index (κ2) is 8.60. The third kappa shape index (κ3) is 3.98. The molecule has 2 heterocycles. The molecular formula is C21H19BrClN5O3. The molecule has 8 nitrogen and oxygen atoms in total. The topological polar surface area (TPSA) is 104 Å². The Kier molecular flexibility index (Phi) is 5.88. The minimum absolute atomic E-state index is 0.264. The number of primary amides is 1. The average Bonchev–Trinajstić information content (AvgIpc) is 3.20. The number of carbonyl (C=O) groups is 1. The van der Waals surface area contributed by atoms with Crippen LogP contribution in [-0.2, 0) is 11.4 Å². The number of hydrogen-bond acceptors (Lipinski definition) is 6. The number of nitrogens with two attached hydrogens (primary N) is 1. The Bertz CT molecular complexity index is 1190. The van der Waals surface area contributed by atoms with Gasteiger partial charge in [0.2, 0.25) is 11.9 Å². The van der Waals surface area contributed by atoms with E-state index in [0.717, 1.165) is 11.1 Å². The molecule has 0 radical (unpaired) electrons. The van der Waals surface area contributed by atoms with Crippen molar-refractivity contribution in [3.05, 3.63) is 74.6 Å². The van der Waals surface area contributed by atoms with Crippen molar-refractivity contribution in [2.45, 2.75) is 19.6 Å². The molecule has 3 N–H and O–H groups in total. The standard InChI is InChI=1S/C21H19BrClN5O3/c1-11-17(20(24)29)18(28-21(27-11)25-10-26-28)13-7-14(22)19(16(8-13)30-2)31-9-12-5-3-4-6-15(12)23/h3-8,10,18H,9H2,1-2H3,(H2,24,29)(H,25,26,27). The summed E-state index contributed by atoms with van der Waals surface area (Å²) in [5.74, 6) is 0.963. The fourth-order valence-corrected chi connectivity index (χ4v) is 4.29. The monoisotopic (exact) mass is 503 g/mol. The Morgan fingerprint density at radius 2 is 2.13 bits per heavy atom. The van der Waals surface area contributed by atoms with Gasteiger partial charge in [-0.05, 0) is 46.6 Å². The summed E-state index contributed by atoms with van der Waals surface area (Å²) in [7, 11) is 1.55. The van der Waals surface area contributed by atoms with Crippen LogP contribution in [0.5, 0.6) is 11.5 Å². The van der Waals surface area contributed by atoms with Gasteiger partial charge in [-0.25, -0.2) is 4.68 Å². The summed E-state index contributed by atoms with van der Waals surface area (Å²) in [5, 5.41) is 7.95. The highest BCUT2D eigenvalue weighted by Crippen LogP contribution is 2.42. The van der Waals surface area contributed by atoms with Gasteiger partial charge >= 0.3 is 0 Å². The van der Waals surface area contributed by atoms with Crippen LogP contribution in [0.3, 0.4) is 0 Å². The summed E-state index contributed by atoms with van der Waals surface area (Å²) >= 11 is 9.80. The van der Waals surface area contributed by atoms with Crippen LogP contribution in [0.1, 0.15) is 24.1 Å². The molecule has 0 saturated heterocycles. The van der Waals surface area contributed by atoms with Crippen molar-refractivity contribution in [2.75, 3.05) is 12.4 Å². The number of fused-ring (bicyclic) bond motifs is 1. The lowest BCUT2D eigenvalue weighted by Crippen LogP contribution is -2.31. The number of amides is 1. The Morgan fingerprint density at radius 3 is 2.84 bits per heavy atom. The van der Waals surface area contributed by atoms with Crippen molar-refractivity contribution in [1.82, 2.24) is 14.8 Å². The summed E-state index contributed by atoms with van der Waals surface area (Å²) < 4.78 is 13.9. The fourth-order valence-electron chi connectivity index (χ4n) is 3.52. The van der Waals surface area contributed by atoms with E-state index in [1.165, 1.54) is 6.33 Å². The maximum Gasteiger partial charge on any atom is 0.248 e. The molecule has 1 amide bonds. The zero-order valence-electron chi connectivity index (χ0n) is 16.7. The van der Waals surface area contributed by atoms with Gasteiger partial charge in [0.25, 0.3) is 0 Å². The van der Waals surface area contributed by atoms with Gasteiger partial charge in [-0.1, -0.05) is 29.8 Å². The van der Waals surface area contributed by atoms with E-state index < -0.39 is 11.9 Å². The summed E-state index contributed by atoms with van der Waals surface area (Å²) in [6.45, 7) is 2.04. The number of benzene rings is 2. The minimum atomic E-state index is -0.570. The van der Waals surface area contributed by atoms with E-state index in [1.807, 2.05) is 30.3 Å². The first-order chi connectivity index (χ1) is 14.9. The zero-order chi connectivity index (χ0) is 22.1. The molecule has 31 heavy (non-hydrogen) atoms. The van der Waals surface area contributed by atoms with Gasteiger partial charge in [-0.3, -0.25) is 4.79 Å². The number of methoxy groups -OCH3 is 1. The molecule has 3 aromatic rings. The van der Waals surface area contributed by atoms with Crippen LogP contribution in [0.2, 0.25) is 5.02 Å². The van der Waals surface area contributed by atoms with Gasteiger partial charge in [0.05, 0.1) is 17.2 Å². The molecule has 10 heteroatoms. The summed E-state index contributed by atoms with van der Waals surface area (Å²) in [6, 6.07) is 10.5. The number of halogens is 2. The van der Waals surface area contributed by atoms with Crippen molar-refractivity contribution in [1.29, 1.82) is 0 Å². The van der Waals surface area contributed by atoms with E-state index in [2.05, 4.69) is 31.3 Å². The molecule has 0 saturated carbocycles. The summed E-state index contributed by atoms with van der Waals surface area (Å²) in [4.78, 5) is 16.5. The van der Waals surface area contributed by atoms with Crippen LogP contribution in [-0.4, -0.2) is 27.8 Å². The lowest BCUT2D eigenvalue weighted by atomic mass is 9.95. The molecule has 160 valence electrons. The van der Waals surface area contributed by atoms with Crippen LogP contribution in [0, 0.1) is 0 Å². The number of carbonyl (C=O) groups excluding carboxylic acids is 1. The number of nitrogens with zero attached hydrogens (tertiary/aromatic N) is 3. The highest BCUT2D eigenvalue weighted by molar-refractivity contribution is 9.10. The molecule has 1 unspecified atom stereocenters. The molecule has 1 aromatic heterocycles. The largest absolute Gasteiger partial charge is 0.493 e. The highest BCUT2D eigenvalue weighted by Gasteiger charge is 2.33. The first-order valence-electron chi connectivity index (χ1n) is 9.31. The predicted molar refractivity (Wildman–Crippen MR) is 120 cm³/mol. The number of rotatable bonds is 6. The van der Waals surface area contributed by atoms with Crippen LogP contribution >= 0.6 is 27.5 Å². The summed E-state index contributed by atoms with van der Waals surface area (Å²) in [6.07, 6.45) is 1.42. The normalized spacial score (nSPS) is 15.3. The smallest absolute Gasteiger partial charge is 0.248 e. The van der Waals surface area contributed by atoms with Gasteiger partial charge in [0.15, 0.2) is 11.5 Å². The number of anilines is 1. The zero-order valence-corrected chi connectivity index (χ0v) is 19.1. The fraction of sp³-hybridized carbons (Fsp3) is 0.190. The van der Waals surface area contributed by atoms with Gasteiger partial charge in [-0.2, -0.15) is 10.1 Å². The Labute approximate surface area is 192 Å². The van der Waals surface area contributed by atoms with E-state index in [-0.39, 0.29) is 6.61 Å². The quantitative estimate of drug-likeness (QED) is 0.525. The van der Waals surface area contributed by atoms with Gasteiger partial charge in [0, 0.05) is 16.3 Å². The summed E-state index contributed by atoms with van der Waals surface area (Å²) in [5.41, 5.74) is 8.28. The van der Waals surface area contributed by atoms with Gasteiger partial charge in [-0.15, -0.1) is 0 Å². The third-order valence-electron chi connectivity index (χ3n) is 4.96. The van der Waals surface area contributed by atoms with Crippen molar-refractivity contribution >= 4 is 39.4 Å². The van der Waals surface area contributed by atoms with Crippen molar-refractivity contribution in [3.8, 4) is 11.5 Å². The van der Waals surface area contributed by atoms with Gasteiger partial charge in [0.1, 0.15) is 19.0 Å². The molecule has 2 aromatic carbocycles. The molecule has 1 atom stereocenters. The van der Waals surface area contributed by atoms with Crippen molar-refractivity contribution < 1.29 is 14.3 Å². The van der Waals surface area contributed by atoms with E-state index in [9.17, 15) is 4.79 Å². The molecule has 1 aliphatic rings. The average molecular weight is 505 g/mol. The third-order valence-corrected chi connectivity index (χ3v) is 5.91. The van der Waals surface area contributed by atoms with Crippen LogP contribution < -0.4 is 20.5 Å². The van der Waals surface area contributed by atoms with Crippen molar-refractivity contribution in [3.63, 3.8) is 0 Å². The molecule has 0 aliphatic carbocycles. The first kappa shape index (κ1) is 21.2. The number of ether oxygens (including phenoxy) is 2. The van der Waals surface area contributed by atoms with Crippen LogP contribution in [0.4, 0.5) is 5.95 Å². The number of aromatic nitrogens is 3. The second-order valence-electron chi connectivity index (χ2n) is 6.87. The molecule has 0 bridgehead atoms. The van der Waals surface area contributed by atoms with E-state index in [4.69, 9.17) is 26.8 Å². The van der Waals surface area contributed by atoms with E-state index in [0.29, 0.717) is 38.2 Å². The van der Waals surface area contributed by atoms with E-state index >= 15 is 0 Å². The van der Waals surface area contributed by atoms with Gasteiger partial charge < -0.3 is 20.5 Å². The number of allylic oxidation sites excluding steroid dienone is 1. The maximum atomic E-state index is 12.3. The predicted octanol–water partition coefficient (Wildman–Crippen LogP) is 4.06. The van der Waals surface area contributed by atoms with Crippen LogP contribution in [0.15, 0.2) is 58.5 Å². The Morgan fingerprint density at radius 1 is 1.35 bits per heavy atom. The van der Waals surface area contributed by atoms with Crippen molar-refractivity contribution in [2.24, 2.45) is 5.73 Å². The molecular weight excluding hydrogens is 486 g/mol. The Balaban J connectivity index is 1.74. The lowest BCUT2D eigenvalue weighted by Gasteiger charge is -2.28. The first-order valence-corrected chi connectivity index (χ1v) is 10.5. The second-order valence-corrected chi connectivity index (χ2v) is 8.13. The molecule has 0 spiro atoms. The SMILES string of the molecule is COc1cc(C2C(C(N)=O)=C(C)Nc3ncnn32)cc(Br)c1OCc1ccccc1Cl. The maximum absolute atomic E-state index is 12.3. The lowest BCUT2D eigenvalue weighted by molar-refractivity contribution is -0.115. The molecule has 0 fully saturated rings. The van der Waals surface area contributed by atoms with E-state index in [1.54, 1.807) is 24.8 Å². The molecule has 1 aliphatic heterocycles. The molecule has 4 rings (SSSR count). The highest BCUT2D eigenvalue weighted by atomic mass is 79.9. The number of hydrogen-bond donors (Lipinski definition) is 2.